The molecule has 3 aromatic rings. The van der Waals surface area contributed by atoms with Crippen molar-refractivity contribution < 1.29 is 26.0 Å². The SMILES string of the molecule is Cn1c(=O)oc2ccc(S(=O)(=O)NC3CCN(c4ccc(C(F)(F)F)cn4)C3)cc21. The summed E-state index contributed by atoms with van der Waals surface area (Å²) >= 11 is 0. The summed E-state index contributed by atoms with van der Waals surface area (Å²) in [5.74, 6) is -0.248. The molecule has 1 saturated heterocycles. The number of aryl methyl sites for hydroxylation is 1. The topological polar surface area (TPSA) is 97.4 Å². The highest BCUT2D eigenvalue weighted by molar-refractivity contribution is 7.89. The quantitative estimate of drug-likeness (QED) is 0.665. The van der Waals surface area contributed by atoms with Crippen LogP contribution in [0.25, 0.3) is 11.1 Å². The van der Waals surface area contributed by atoms with E-state index in [1.165, 1.54) is 35.9 Å². The van der Waals surface area contributed by atoms with Gasteiger partial charge in [0.2, 0.25) is 10.0 Å². The second-order valence-corrected chi connectivity index (χ2v) is 8.73. The van der Waals surface area contributed by atoms with Crippen molar-refractivity contribution in [1.82, 2.24) is 14.3 Å². The first-order valence-electron chi connectivity index (χ1n) is 8.95. The number of halogens is 3. The fourth-order valence-corrected chi connectivity index (χ4v) is 4.65. The van der Waals surface area contributed by atoms with E-state index in [0.717, 1.165) is 12.3 Å². The van der Waals surface area contributed by atoms with Gasteiger partial charge in [-0.2, -0.15) is 13.2 Å². The molecule has 1 atom stereocenters. The highest BCUT2D eigenvalue weighted by Gasteiger charge is 2.32. The normalized spacial score (nSPS) is 17.7. The molecule has 0 radical (unpaired) electrons. The van der Waals surface area contributed by atoms with E-state index < -0.39 is 33.6 Å². The first-order valence-corrected chi connectivity index (χ1v) is 10.4. The number of alkyl halides is 3. The number of sulfonamides is 1. The van der Waals surface area contributed by atoms with E-state index in [1.807, 2.05) is 0 Å². The summed E-state index contributed by atoms with van der Waals surface area (Å²) < 4.78 is 72.4. The van der Waals surface area contributed by atoms with Gasteiger partial charge in [-0.25, -0.2) is 22.9 Å². The lowest BCUT2D eigenvalue weighted by Gasteiger charge is -2.18. The van der Waals surface area contributed by atoms with Crippen molar-refractivity contribution in [3.05, 3.63) is 52.6 Å². The van der Waals surface area contributed by atoms with Crippen molar-refractivity contribution in [2.45, 2.75) is 23.5 Å². The minimum absolute atomic E-state index is 0.0162. The van der Waals surface area contributed by atoms with Crippen molar-refractivity contribution in [2.75, 3.05) is 18.0 Å². The second kappa shape index (κ2) is 7.13. The third kappa shape index (κ3) is 3.79. The van der Waals surface area contributed by atoms with E-state index >= 15 is 0 Å². The van der Waals surface area contributed by atoms with Crippen LogP contribution in [0.3, 0.4) is 0 Å². The van der Waals surface area contributed by atoms with Gasteiger partial charge in [0.1, 0.15) is 5.82 Å². The highest BCUT2D eigenvalue weighted by atomic mass is 32.2. The first-order chi connectivity index (χ1) is 14.0. The molecule has 30 heavy (non-hydrogen) atoms. The largest absolute Gasteiger partial charge is 0.419 e. The molecule has 160 valence electrons. The van der Waals surface area contributed by atoms with Gasteiger partial charge in [0.05, 0.1) is 16.0 Å². The Morgan fingerprint density at radius 2 is 2.00 bits per heavy atom. The van der Waals surface area contributed by atoms with Gasteiger partial charge in [0.25, 0.3) is 0 Å². The first kappa shape index (κ1) is 20.4. The van der Waals surface area contributed by atoms with Crippen molar-refractivity contribution >= 4 is 26.9 Å². The molecular weight excluding hydrogens is 425 g/mol. The van der Waals surface area contributed by atoms with E-state index in [4.69, 9.17) is 4.42 Å². The number of rotatable bonds is 4. The molecule has 0 saturated carbocycles. The Morgan fingerprint density at radius 3 is 2.67 bits per heavy atom. The second-order valence-electron chi connectivity index (χ2n) is 7.01. The summed E-state index contributed by atoms with van der Waals surface area (Å²) in [5.41, 5.74) is -0.210. The standard InChI is InChI=1S/C18H17F3N4O4S/c1-24-14-8-13(3-4-15(14)29-17(24)26)30(27,28)23-12-6-7-25(10-12)16-5-2-11(9-22-16)18(19,20)21/h2-5,8-9,12,23H,6-7,10H2,1H3. The Morgan fingerprint density at radius 1 is 1.23 bits per heavy atom. The fourth-order valence-electron chi connectivity index (χ4n) is 3.37. The molecule has 2 aromatic heterocycles. The number of benzene rings is 1. The Hall–Kier alpha value is -2.86. The molecule has 0 spiro atoms. The lowest BCUT2D eigenvalue weighted by atomic mass is 10.3. The van der Waals surface area contributed by atoms with E-state index in [-0.39, 0.29) is 17.0 Å². The maximum atomic E-state index is 12.8. The number of nitrogens with one attached hydrogen (secondary N) is 1. The number of pyridine rings is 1. The number of fused-ring (bicyclic) bond motifs is 1. The third-order valence-corrected chi connectivity index (χ3v) is 6.50. The zero-order chi connectivity index (χ0) is 21.7. The number of hydrogen-bond acceptors (Lipinski definition) is 6. The molecular formula is C18H17F3N4O4S. The van der Waals surface area contributed by atoms with Crippen molar-refractivity contribution in [2.24, 2.45) is 7.05 Å². The monoisotopic (exact) mass is 442 g/mol. The summed E-state index contributed by atoms with van der Waals surface area (Å²) in [6.07, 6.45) is -3.24. The maximum absolute atomic E-state index is 12.8. The van der Waals surface area contributed by atoms with E-state index in [1.54, 1.807) is 4.90 Å². The average Bonchev–Trinajstić information content (AvgIpc) is 3.25. The van der Waals surface area contributed by atoms with E-state index in [9.17, 15) is 26.4 Å². The van der Waals surface area contributed by atoms with Crippen molar-refractivity contribution in [1.29, 1.82) is 0 Å². The number of nitrogens with zero attached hydrogens (tertiary/aromatic N) is 3. The molecule has 4 rings (SSSR count). The molecule has 1 unspecified atom stereocenters. The van der Waals surface area contributed by atoms with Gasteiger partial charge < -0.3 is 9.32 Å². The summed E-state index contributed by atoms with van der Waals surface area (Å²) in [4.78, 5) is 17.1. The van der Waals surface area contributed by atoms with Crippen LogP contribution >= 0.6 is 0 Å². The molecule has 1 aliphatic rings. The number of aromatic nitrogens is 2. The van der Waals surface area contributed by atoms with Crippen LogP contribution in [0.15, 0.2) is 50.6 Å². The lowest BCUT2D eigenvalue weighted by molar-refractivity contribution is -0.137. The predicted molar refractivity (Wildman–Crippen MR) is 102 cm³/mol. The molecule has 0 aliphatic carbocycles. The zero-order valence-corrected chi connectivity index (χ0v) is 16.5. The van der Waals surface area contributed by atoms with Crippen LogP contribution in [-0.2, 0) is 23.2 Å². The molecule has 0 bridgehead atoms. The summed E-state index contributed by atoms with van der Waals surface area (Å²) in [5, 5.41) is 0. The van der Waals surface area contributed by atoms with Gasteiger partial charge >= 0.3 is 11.9 Å². The van der Waals surface area contributed by atoms with Gasteiger partial charge in [-0.1, -0.05) is 0 Å². The summed E-state index contributed by atoms with van der Waals surface area (Å²) in [6.45, 7) is 0.713. The van der Waals surface area contributed by atoms with Crippen LogP contribution in [0.5, 0.6) is 0 Å². The number of hydrogen-bond donors (Lipinski definition) is 1. The number of anilines is 1. The van der Waals surface area contributed by atoms with Gasteiger partial charge in [0, 0.05) is 32.4 Å². The van der Waals surface area contributed by atoms with E-state index in [0.29, 0.717) is 24.3 Å². The van der Waals surface area contributed by atoms with Crippen molar-refractivity contribution in [3.8, 4) is 0 Å². The molecule has 1 aromatic carbocycles. The minimum atomic E-state index is -4.46. The Kier molecular flexibility index (Phi) is 4.85. The van der Waals surface area contributed by atoms with Crippen LogP contribution in [-0.4, -0.2) is 37.1 Å². The van der Waals surface area contributed by atoms with Crippen LogP contribution in [0.2, 0.25) is 0 Å². The van der Waals surface area contributed by atoms with Crippen LogP contribution in [0.1, 0.15) is 12.0 Å². The molecule has 0 amide bonds. The molecule has 3 heterocycles. The Labute approximate surface area is 169 Å². The molecule has 1 N–H and O–H groups in total. The fraction of sp³-hybridized carbons (Fsp3) is 0.333. The lowest BCUT2D eigenvalue weighted by Crippen LogP contribution is -2.37. The Balaban J connectivity index is 1.48. The Bertz CT molecular complexity index is 1250. The summed E-state index contributed by atoms with van der Waals surface area (Å²) in [6, 6.07) is 5.89. The van der Waals surface area contributed by atoms with Crippen LogP contribution in [0, 0.1) is 0 Å². The predicted octanol–water partition coefficient (Wildman–Crippen LogP) is 2.10. The van der Waals surface area contributed by atoms with Gasteiger partial charge in [-0.05, 0) is 36.8 Å². The van der Waals surface area contributed by atoms with Gasteiger partial charge in [-0.3, -0.25) is 4.57 Å². The summed E-state index contributed by atoms with van der Waals surface area (Å²) in [7, 11) is -2.40. The maximum Gasteiger partial charge on any atom is 0.419 e. The van der Waals surface area contributed by atoms with Crippen molar-refractivity contribution in [3.63, 3.8) is 0 Å². The minimum Gasteiger partial charge on any atom is -0.408 e. The zero-order valence-electron chi connectivity index (χ0n) is 15.7. The van der Waals surface area contributed by atoms with E-state index in [2.05, 4.69) is 9.71 Å². The van der Waals surface area contributed by atoms with Gasteiger partial charge in [-0.15, -0.1) is 0 Å². The smallest absolute Gasteiger partial charge is 0.408 e. The molecule has 1 fully saturated rings. The number of oxazole rings is 1. The van der Waals surface area contributed by atoms with Crippen LogP contribution < -0.4 is 15.4 Å². The molecule has 1 aliphatic heterocycles. The highest BCUT2D eigenvalue weighted by Crippen LogP contribution is 2.30. The third-order valence-electron chi connectivity index (χ3n) is 4.98. The average molecular weight is 442 g/mol. The van der Waals surface area contributed by atoms with Crippen LogP contribution in [0.4, 0.5) is 19.0 Å². The molecule has 8 nitrogen and oxygen atoms in total. The van der Waals surface area contributed by atoms with Gasteiger partial charge in [0.15, 0.2) is 5.58 Å². The molecule has 12 heteroatoms.